The average Bonchev–Trinajstić information content (AvgIpc) is 2.75. The molecule has 164 valence electrons. The lowest BCUT2D eigenvalue weighted by molar-refractivity contribution is -0.384. The van der Waals surface area contributed by atoms with Gasteiger partial charge in [-0.1, -0.05) is 12.1 Å². The molecule has 2 aromatic carbocycles. The van der Waals surface area contributed by atoms with Gasteiger partial charge in [0.05, 0.1) is 4.92 Å². The minimum atomic E-state index is -1.82. The number of hydrogen-bond acceptors (Lipinski definition) is 6. The van der Waals surface area contributed by atoms with Crippen LogP contribution in [0.25, 0.3) is 0 Å². The summed E-state index contributed by atoms with van der Waals surface area (Å²) in [6.45, 7) is 3.34. The van der Waals surface area contributed by atoms with Gasteiger partial charge in [0, 0.05) is 50.4 Å². The van der Waals surface area contributed by atoms with Crippen molar-refractivity contribution in [3.63, 3.8) is 0 Å². The summed E-state index contributed by atoms with van der Waals surface area (Å²) in [5.74, 6) is -4.09. The highest BCUT2D eigenvalue weighted by atomic mass is 19.1. The summed E-state index contributed by atoms with van der Waals surface area (Å²) in [6.07, 6.45) is 0. The Kier molecular flexibility index (Phi) is 8.15. The van der Waals surface area contributed by atoms with Crippen molar-refractivity contribution < 1.29 is 33.9 Å². The van der Waals surface area contributed by atoms with E-state index in [-0.39, 0.29) is 17.4 Å². The summed E-state index contributed by atoms with van der Waals surface area (Å²) in [6, 6.07) is 12.1. The number of carboxylic acids is 2. The molecule has 0 radical (unpaired) electrons. The van der Waals surface area contributed by atoms with Crippen LogP contribution < -0.4 is 0 Å². The molecular weight excluding hydrogens is 413 g/mol. The smallest absolute Gasteiger partial charge is 0.414 e. The van der Waals surface area contributed by atoms with Crippen molar-refractivity contribution in [2.75, 3.05) is 26.2 Å². The standard InChI is InChI=1S/C18H18FN3O3.C2H2O4/c19-16-5-3-15(4-6-16)18(23)21-11-9-20(10-12-21)13-14-1-7-17(8-2-14)22(24)25;3-1(4)2(5)6/h1-8H,9-13H2;(H,3,4)(H,5,6). The molecule has 11 heteroatoms. The molecule has 1 aliphatic heterocycles. The van der Waals surface area contributed by atoms with Crippen LogP contribution >= 0.6 is 0 Å². The Bertz CT molecular complexity index is 928. The van der Waals surface area contributed by atoms with Gasteiger partial charge < -0.3 is 15.1 Å². The van der Waals surface area contributed by atoms with Gasteiger partial charge in [-0.05, 0) is 29.8 Å². The Labute approximate surface area is 176 Å². The second-order valence-corrected chi connectivity index (χ2v) is 6.61. The Balaban J connectivity index is 0.000000501. The molecule has 0 aromatic heterocycles. The first-order valence-electron chi connectivity index (χ1n) is 9.14. The second-order valence-electron chi connectivity index (χ2n) is 6.61. The van der Waals surface area contributed by atoms with Crippen LogP contribution in [0.2, 0.25) is 0 Å². The number of benzene rings is 2. The molecule has 0 bridgehead atoms. The van der Waals surface area contributed by atoms with E-state index in [9.17, 15) is 19.3 Å². The molecule has 31 heavy (non-hydrogen) atoms. The third-order valence-corrected chi connectivity index (χ3v) is 4.49. The Morgan fingerprint density at radius 1 is 0.903 bits per heavy atom. The largest absolute Gasteiger partial charge is 0.473 e. The number of non-ortho nitro benzene ring substituents is 1. The lowest BCUT2D eigenvalue weighted by Gasteiger charge is -2.34. The Morgan fingerprint density at radius 3 is 1.87 bits per heavy atom. The van der Waals surface area contributed by atoms with Gasteiger partial charge in [-0.15, -0.1) is 0 Å². The molecule has 1 aliphatic rings. The molecule has 3 rings (SSSR count). The van der Waals surface area contributed by atoms with Gasteiger partial charge in [-0.25, -0.2) is 14.0 Å². The third kappa shape index (κ3) is 7.16. The van der Waals surface area contributed by atoms with Crippen LogP contribution in [0.3, 0.4) is 0 Å². The van der Waals surface area contributed by atoms with Gasteiger partial charge in [0.25, 0.3) is 11.6 Å². The molecule has 2 aromatic rings. The average molecular weight is 433 g/mol. The van der Waals surface area contributed by atoms with Gasteiger partial charge in [0.15, 0.2) is 0 Å². The summed E-state index contributed by atoms with van der Waals surface area (Å²) in [5.41, 5.74) is 1.58. The SMILES string of the molecule is O=C(O)C(=O)O.O=C(c1ccc(F)cc1)N1CCN(Cc2ccc([N+](=O)[O-])cc2)CC1. The number of nitrogens with zero attached hydrogens (tertiary/aromatic N) is 3. The molecule has 2 N–H and O–H groups in total. The van der Waals surface area contributed by atoms with Crippen molar-refractivity contribution in [1.29, 1.82) is 0 Å². The number of hydrogen-bond donors (Lipinski definition) is 2. The maximum atomic E-state index is 13.0. The highest BCUT2D eigenvalue weighted by Crippen LogP contribution is 2.15. The number of carbonyl (C=O) groups excluding carboxylic acids is 1. The van der Waals surface area contributed by atoms with Gasteiger partial charge in [-0.3, -0.25) is 19.8 Å². The summed E-state index contributed by atoms with van der Waals surface area (Å²) in [4.78, 5) is 44.8. The second kappa shape index (κ2) is 10.8. The van der Waals surface area contributed by atoms with Crippen LogP contribution in [0.15, 0.2) is 48.5 Å². The van der Waals surface area contributed by atoms with E-state index < -0.39 is 16.9 Å². The van der Waals surface area contributed by atoms with Crippen LogP contribution in [0.5, 0.6) is 0 Å². The molecule has 0 aliphatic carbocycles. The molecule has 1 fully saturated rings. The van der Waals surface area contributed by atoms with Crippen molar-refractivity contribution in [1.82, 2.24) is 9.80 Å². The quantitative estimate of drug-likeness (QED) is 0.423. The van der Waals surface area contributed by atoms with Crippen molar-refractivity contribution in [3.05, 3.63) is 75.6 Å². The molecule has 0 atom stereocenters. The van der Waals surface area contributed by atoms with Crippen molar-refractivity contribution >= 4 is 23.5 Å². The summed E-state index contributed by atoms with van der Waals surface area (Å²) < 4.78 is 13.0. The van der Waals surface area contributed by atoms with Gasteiger partial charge in [0.1, 0.15) is 5.82 Å². The summed E-state index contributed by atoms with van der Waals surface area (Å²) in [7, 11) is 0. The zero-order valence-corrected chi connectivity index (χ0v) is 16.3. The zero-order chi connectivity index (χ0) is 23.0. The number of piperazine rings is 1. The number of nitro benzene ring substituents is 1. The minimum absolute atomic E-state index is 0.0819. The predicted molar refractivity (Wildman–Crippen MR) is 106 cm³/mol. The lowest BCUT2D eigenvalue weighted by atomic mass is 10.1. The fourth-order valence-corrected chi connectivity index (χ4v) is 2.87. The fourth-order valence-electron chi connectivity index (χ4n) is 2.87. The first kappa shape index (κ1) is 23.4. The van der Waals surface area contributed by atoms with E-state index >= 15 is 0 Å². The zero-order valence-electron chi connectivity index (χ0n) is 16.3. The number of aliphatic carboxylic acids is 2. The minimum Gasteiger partial charge on any atom is -0.473 e. The summed E-state index contributed by atoms with van der Waals surface area (Å²) >= 11 is 0. The first-order chi connectivity index (χ1) is 14.7. The molecule has 10 nitrogen and oxygen atoms in total. The number of nitro groups is 1. The van der Waals surface area contributed by atoms with E-state index in [2.05, 4.69) is 4.90 Å². The van der Waals surface area contributed by atoms with Crippen LogP contribution in [0, 0.1) is 15.9 Å². The molecule has 1 saturated heterocycles. The lowest BCUT2D eigenvalue weighted by Crippen LogP contribution is -2.48. The van der Waals surface area contributed by atoms with E-state index in [0.29, 0.717) is 25.2 Å². The highest BCUT2D eigenvalue weighted by molar-refractivity contribution is 6.27. The van der Waals surface area contributed by atoms with E-state index in [1.54, 1.807) is 17.0 Å². The van der Waals surface area contributed by atoms with Crippen LogP contribution in [-0.2, 0) is 16.1 Å². The predicted octanol–water partition coefficient (Wildman–Crippen LogP) is 1.85. The molecule has 0 saturated carbocycles. The number of amides is 1. The monoisotopic (exact) mass is 433 g/mol. The molecular formula is C20H20FN3O7. The number of halogens is 1. The highest BCUT2D eigenvalue weighted by Gasteiger charge is 2.22. The van der Waals surface area contributed by atoms with Crippen LogP contribution in [0.1, 0.15) is 15.9 Å². The van der Waals surface area contributed by atoms with Gasteiger partial charge >= 0.3 is 11.9 Å². The van der Waals surface area contributed by atoms with Crippen molar-refractivity contribution in [3.8, 4) is 0 Å². The molecule has 1 amide bonds. The first-order valence-corrected chi connectivity index (χ1v) is 9.14. The Hall–Kier alpha value is -3.86. The normalized spacial score (nSPS) is 13.6. The van der Waals surface area contributed by atoms with Crippen molar-refractivity contribution in [2.24, 2.45) is 0 Å². The van der Waals surface area contributed by atoms with E-state index in [4.69, 9.17) is 19.8 Å². The topological polar surface area (TPSA) is 141 Å². The Morgan fingerprint density at radius 2 is 1.42 bits per heavy atom. The summed E-state index contributed by atoms with van der Waals surface area (Å²) in [5, 5.41) is 25.5. The van der Waals surface area contributed by atoms with Crippen LogP contribution in [0.4, 0.5) is 10.1 Å². The van der Waals surface area contributed by atoms with Gasteiger partial charge in [-0.2, -0.15) is 0 Å². The maximum absolute atomic E-state index is 13.0. The number of carbonyl (C=O) groups is 3. The molecule has 1 heterocycles. The third-order valence-electron chi connectivity index (χ3n) is 4.49. The van der Waals surface area contributed by atoms with E-state index in [0.717, 1.165) is 18.7 Å². The maximum Gasteiger partial charge on any atom is 0.414 e. The molecule has 0 unspecified atom stereocenters. The fraction of sp³-hybridized carbons (Fsp3) is 0.250. The molecule has 0 spiro atoms. The van der Waals surface area contributed by atoms with E-state index in [1.165, 1.54) is 36.4 Å². The number of rotatable bonds is 4. The van der Waals surface area contributed by atoms with Crippen molar-refractivity contribution in [2.45, 2.75) is 6.54 Å². The van der Waals surface area contributed by atoms with E-state index in [1.807, 2.05) is 0 Å². The number of carboxylic acid groups (broad SMARTS) is 2. The van der Waals surface area contributed by atoms with Crippen LogP contribution in [-0.4, -0.2) is 69.0 Å². The van der Waals surface area contributed by atoms with Gasteiger partial charge in [0.2, 0.25) is 0 Å².